The quantitative estimate of drug-likeness (QED) is 0.174. The van der Waals surface area contributed by atoms with Crippen LogP contribution in [0.2, 0.25) is 0 Å². The predicted octanol–water partition coefficient (Wildman–Crippen LogP) is 12.7. The Balaban J connectivity index is 1.31. The van der Waals surface area contributed by atoms with Crippen molar-refractivity contribution < 1.29 is 4.42 Å². The summed E-state index contributed by atoms with van der Waals surface area (Å²) in [5.74, 6) is 0.968. The number of hydrogen-bond acceptors (Lipinski definition) is 2. The Morgan fingerprint density at radius 2 is 1.00 bits per heavy atom. The summed E-state index contributed by atoms with van der Waals surface area (Å²) in [5.41, 5.74) is 11.8. The third-order valence-corrected chi connectivity index (χ3v) is 10.1. The minimum atomic E-state index is -0.648. The number of halogens is 1. The zero-order valence-electron chi connectivity index (χ0n) is 26.1. The highest BCUT2D eigenvalue weighted by molar-refractivity contribution is 9.10. The van der Waals surface area contributed by atoms with Gasteiger partial charge in [-0.1, -0.05) is 143 Å². The van der Waals surface area contributed by atoms with E-state index in [1.807, 2.05) is 0 Å². The Kier molecular flexibility index (Phi) is 6.88. The Bertz CT molecular complexity index is 2340. The van der Waals surface area contributed by atoms with Crippen LogP contribution >= 0.6 is 15.9 Å². The second kappa shape index (κ2) is 11.6. The molecule has 0 saturated heterocycles. The molecule has 1 aliphatic carbocycles. The molecule has 1 aromatic heterocycles. The van der Waals surface area contributed by atoms with Gasteiger partial charge in [0.2, 0.25) is 0 Å². The van der Waals surface area contributed by atoms with E-state index >= 15 is 0 Å². The number of hydrogen-bond donors (Lipinski definition) is 0. The summed E-state index contributed by atoms with van der Waals surface area (Å²) in [7, 11) is 0. The maximum Gasteiger partial charge on any atom is 0.135 e. The monoisotopic (exact) mass is 679 g/mol. The Hall–Kier alpha value is -5.64. The van der Waals surface area contributed by atoms with Crippen molar-refractivity contribution in [3.63, 3.8) is 0 Å². The summed E-state index contributed by atoms with van der Waals surface area (Å²) in [6.45, 7) is 0. The fourth-order valence-electron chi connectivity index (χ4n) is 7.49. The summed E-state index contributed by atoms with van der Waals surface area (Å²) < 4.78 is 7.98. The van der Waals surface area contributed by atoms with Crippen LogP contribution in [0, 0.1) is 0 Å². The maximum atomic E-state index is 6.94. The molecule has 228 valence electrons. The summed E-state index contributed by atoms with van der Waals surface area (Å²) >= 11 is 3.65. The zero-order valence-corrected chi connectivity index (χ0v) is 27.6. The molecular formula is C45H30BrNO. The number of nitrogens with zero attached hydrogens (tertiary/aromatic N) is 1. The van der Waals surface area contributed by atoms with Crippen molar-refractivity contribution in [3.05, 3.63) is 209 Å². The molecule has 0 fully saturated rings. The van der Waals surface area contributed by atoms with Gasteiger partial charge in [0.15, 0.2) is 0 Å². The van der Waals surface area contributed by atoms with Crippen molar-refractivity contribution in [1.29, 1.82) is 0 Å². The lowest BCUT2D eigenvalue weighted by Crippen LogP contribution is -2.28. The molecule has 0 bridgehead atoms. The standard InChI is InChI=1S/C45H30BrNO/c46-35-22-26-37(27-23-35)47(36-24-20-32(21-25-36)31-12-4-1-5-13-31)38-28-29-39-41(30-38)45(33-14-6-2-7-15-33,34-16-8-3-9-17-34)44-43(39)40-18-10-11-19-42(40)48-44/h1-30H. The van der Waals surface area contributed by atoms with E-state index in [9.17, 15) is 0 Å². The third-order valence-electron chi connectivity index (χ3n) is 9.60. The molecule has 0 spiro atoms. The SMILES string of the molecule is Brc1ccc(N(c2ccc(-c3ccccc3)cc2)c2ccc3c(c2)C(c2ccccc2)(c2ccccc2)c2oc4ccccc4c2-3)cc1. The van der Waals surface area contributed by atoms with Crippen molar-refractivity contribution >= 4 is 44.0 Å². The van der Waals surface area contributed by atoms with E-state index in [1.165, 1.54) is 38.9 Å². The number of anilines is 3. The van der Waals surface area contributed by atoms with Crippen LogP contribution in [0.3, 0.4) is 0 Å². The van der Waals surface area contributed by atoms with Crippen LogP contribution in [0.15, 0.2) is 191 Å². The van der Waals surface area contributed by atoms with Crippen molar-refractivity contribution in [2.24, 2.45) is 0 Å². The first-order valence-electron chi connectivity index (χ1n) is 16.2. The molecule has 0 aliphatic heterocycles. The van der Waals surface area contributed by atoms with Crippen LogP contribution in [0.25, 0.3) is 33.2 Å². The van der Waals surface area contributed by atoms with Crippen LogP contribution < -0.4 is 4.90 Å². The van der Waals surface area contributed by atoms with Gasteiger partial charge in [-0.2, -0.15) is 0 Å². The van der Waals surface area contributed by atoms with Crippen molar-refractivity contribution in [2.45, 2.75) is 5.41 Å². The van der Waals surface area contributed by atoms with Crippen LogP contribution in [-0.4, -0.2) is 0 Å². The molecule has 0 saturated carbocycles. The first kappa shape index (κ1) is 28.6. The van der Waals surface area contributed by atoms with Crippen molar-refractivity contribution in [3.8, 4) is 22.3 Å². The predicted molar refractivity (Wildman–Crippen MR) is 201 cm³/mol. The Morgan fingerprint density at radius 1 is 0.479 bits per heavy atom. The molecule has 1 aliphatic rings. The highest BCUT2D eigenvalue weighted by Crippen LogP contribution is 2.59. The molecule has 1 heterocycles. The molecule has 0 amide bonds. The Labute approximate surface area is 288 Å². The molecule has 7 aromatic carbocycles. The van der Waals surface area contributed by atoms with Gasteiger partial charge in [-0.25, -0.2) is 0 Å². The van der Waals surface area contributed by atoms with E-state index in [0.717, 1.165) is 38.3 Å². The van der Waals surface area contributed by atoms with E-state index in [2.05, 4.69) is 203 Å². The van der Waals surface area contributed by atoms with Crippen molar-refractivity contribution in [2.75, 3.05) is 4.90 Å². The number of rotatable bonds is 6. The smallest absolute Gasteiger partial charge is 0.135 e. The van der Waals surface area contributed by atoms with Gasteiger partial charge in [-0.3, -0.25) is 0 Å². The minimum Gasteiger partial charge on any atom is -0.459 e. The summed E-state index contributed by atoms with van der Waals surface area (Å²) in [4.78, 5) is 2.35. The highest BCUT2D eigenvalue weighted by Gasteiger charge is 2.50. The molecule has 0 radical (unpaired) electrons. The minimum absolute atomic E-state index is 0.648. The second-order valence-electron chi connectivity index (χ2n) is 12.2. The molecule has 3 heteroatoms. The van der Waals surface area contributed by atoms with E-state index in [0.29, 0.717) is 0 Å². The molecule has 48 heavy (non-hydrogen) atoms. The molecule has 0 atom stereocenters. The van der Waals surface area contributed by atoms with E-state index < -0.39 is 5.41 Å². The lowest BCUT2D eigenvalue weighted by Gasteiger charge is -2.33. The summed E-state index contributed by atoms with van der Waals surface area (Å²) in [6.07, 6.45) is 0. The zero-order chi connectivity index (χ0) is 32.1. The topological polar surface area (TPSA) is 16.4 Å². The number of para-hydroxylation sites is 1. The van der Waals surface area contributed by atoms with Gasteiger partial charge in [0, 0.05) is 32.5 Å². The number of furan rings is 1. The van der Waals surface area contributed by atoms with Gasteiger partial charge in [-0.05, 0) is 88.0 Å². The van der Waals surface area contributed by atoms with Gasteiger partial charge in [0.05, 0.1) is 0 Å². The lowest BCUT2D eigenvalue weighted by molar-refractivity contribution is 0.502. The normalized spacial score (nSPS) is 12.9. The number of benzene rings is 7. The first-order valence-corrected chi connectivity index (χ1v) is 17.0. The average Bonchev–Trinajstić information content (AvgIpc) is 3.67. The lowest BCUT2D eigenvalue weighted by atomic mass is 9.70. The van der Waals surface area contributed by atoms with E-state index in [1.54, 1.807) is 0 Å². The first-order chi connectivity index (χ1) is 23.7. The van der Waals surface area contributed by atoms with Crippen LogP contribution in [0.4, 0.5) is 17.1 Å². The molecule has 9 rings (SSSR count). The highest BCUT2D eigenvalue weighted by atomic mass is 79.9. The van der Waals surface area contributed by atoms with Gasteiger partial charge >= 0.3 is 0 Å². The fourth-order valence-corrected chi connectivity index (χ4v) is 7.75. The van der Waals surface area contributed by atoms with Crippen LogP contribution in [0.5, 0.6) is 0 Å². The molecular weight excluding hydrogens is 650 g/mol. The van der Waals surface area contributed by atoms with Crippen LogP contribution in [-0.2, 0) is 5.41 Å². The summed E-state index contributed by atoms with van der Waals surface area (Å²) in [5, 5.41) is 1.14. The second-order valence-corrected chi connectivity index (χ2v) is 13.2. The molecule has 8 aromatic rings. The fraction of sp³-hybridized carbons (Fsp3) is 0.0222. The van der Waals surface area contributed by atoms with Crippen LogP contribution in [0.1, 0.15) is 22.5 Å². The van der Waals surface area contributed by atoms with Gasteiger partial charge in [0.1, 0.15) is 16.8 Å². The van der Waals surface area contributed by atoms with E-state index in [-0.39, 0.29) is 0 Å². The van der Waals surface area contributed by atoms with Gasteiger partial charge in [0.25, 0.3) is 0 Å². The molecule has 0 unspecified atom stereocenters. The maximum absolute atomic E-state index is 6.94. The molecule has 2 nitrogen and oxygen atoms in total. The van der Waals surface area contributed by atoms with E-state index in [4.69, 9.17) is 4.42 Å². The summed E-state index contributed by atoms with van der Waals surface area (Å²) in [6, 6.07) is 64.9. The molecule has 0 N–H and O–H groups in total. The Morgan fingerprint density at radius 3 is 1.65 bits per heavy atom. The third kappa shape index (κ3) is 4.46. The van der Waals surface area contributed by atoms with Crippen molar-refractivity contribution in [1.82, 2.24) is 0 Å². The number of fused-ring (bicyclic) bond motifs is 5. The van der Waals surface area contributed by atoms with Gasteiger partial charge in [-0.15, -0.1) is 0 Å². The largest absolute Gasteiger partial charge is 0.459 e. The van der Waals surface area contributed by atoms with Gasteiger partial charge < -0.3 is 9.32 Å². The average molecular weight is 681 g/mol.